The molecule has 0 spiro atoms. The van der Waals surface area contributed by atoms with Gasteiger partial charge < -0.3 is 5.73 Å². The molecule has 1 aromatic carbocycles. The Morgan fingerprint density at radius 2 is 2.06 bits per heavy atom. The van der Waals surface area contributed by atoms with Gasteiger partial charge in [0.05, 0.1) is 15.8 Å². The van der Waals surface area contributed by atoms with Crippen LogP contribution in [-0.2, 0) is 6.42 Å². The molecule has 1 unspecified atom stereocenters. The van der Waals surface area contributed by atoms with Crippen LogP contribution in [0.5, 0.6) is 0 Å². The Morgan fingerprint density at radius 1 is 1.35 bits per heavy atom. The summed E-state index contributed by atoms with van der Waals surface area (Å²) >= 11 is 2.22. The minimum atomic E-state index is 0.334. The van der Waals surface area contributed by atoms with Crippen molar-refractivity contribution in [1.29, 1.82) is 0 Å². The second kappa shape index (κ2) is 5.53. The Balaban J connectivity index is 2.20. The fourth-order valence-electron chi connectivity index (χ4n) is 1.93. The van der Waals surface area contributed by atoms with Crippen LogP contribution in [0.25, 0.3) is 0 Å². The lowest BCUT2D eigenvalue weighted by atomic mass is 10.0. The maximum atomic E-state index is 6.03. The van der Waals surface area contributed by atoms with Gasteiger partial charge in [-0.2, -0.15) is 5.10 Å². The molecule has 3 nitrogen and oxygen atoms in total. The fraction of sp³-hybridized carbons (Fsp3) is 0.308. The van der Waals surface area contributed by atoms with Crippen molar-refractivity contribution in [3.63, 3.8) is 0 Å². The quantitative estimate of drug-likeness (QED) is 0.868. The highest BCUT2D eigenvalue weighted by Crippen LogP contribution is 2.23. The molecule has 1 heterocycles. The van der Waals surface area contributed by atoms with Crippen LogP contribution in [0.15, 0.2) is 36.5 Å². The largest absolute Gasteiger partial charge is 0.383 e. The normalized spacial score (nSPS) is 12.6. The van der Waals surface area contributed by atoms with Crippen LogP contribution >= 0.6 is 22.6 Å². The van der Waals surface area contributed by atoms with Crippen LogP contribution in [-0.4, -0.2) is 9.78 Å². The van der Waals surface area contributed by atoms with E-state index in [2.05, 4.69) is 58.9 Å². The van der Waals surface area contributed by atoms with Crippen LogP contribution in [0.3, 0.4) is 0 Å². The highest BCUT2D eigenvalue weighted by atomic mass is 127. The molecule has 0 amide bonds. The second-order valence-corrected chi connectivity index (χ2v) is 5.24. The molecule has 2 rings (SSSR count). The zero-order valence-corrected chi connectivity index (χ0v) is 12.0. The molecule has 0 aliphatic heterocycles. The Morgan fingerprint density at radius 3 is 2.59 bits per heavy atom. The van der Waals surface area contributed by atoms with Crippen molar-refractivity contribution >= 4 is 28.4 Å². The van der Waals surface area contributed by atoms with Crippen LogP contribution < -0.4 is 5.73 Å². The van der Waals surface area contributed by atoms with Gasteiger partial charge in [0.15, 0.2) is 0 Å². The van der Waals surface area contributed by atoms with Gasteiger partial charge in [-0.15, -0.1) is 0 Å². The molecule has 17 heavy (non-hydrogen) atoms. The monoisotopic (exact) mass is 341 g/mol. The predicted octanol–water partition coefficient (Wildman–Crippen LogP) is 3.26. The Kier molecular flexibility index (Phi) is 4.04. The first-order chi connectivity index (χ1) is 8.22. The zero-order valence-electron chi connectivity index (χ0n) is 9.81. The first-order valence-electron chi connectivity index (χ1n) is 5.74. The van der Waals surface area contributed by atoms with E-state index < -0.39 is 0 Å². The van der Waals surface area contributed by atoms with Gasteiger partial charge in [0, 0.05) is 0 Å². The molecule has 0 aliphatic carbocycles. The van der Waals surface area contributed by atoms with Crippen molar-refractivity contribution in [2.75, 3.05) is 5.73 Å². The van der Waals surface area contributed by atoms with Crippen LogP contribution in [0.2, 0.25) is 0 Å². The molecular weight excluding hydrogens is 325 g/mol. The third kappa shape index (κ3) is 2.80. The van der Waals surface area contributed by atoms with Gasteiger partial charge in [0.1, 0.15) is 5.82 Å². The van der Waals surface area contributed by atoms with Crippen molar-refractivity contribution in [3.8, 4) is 0 Å². The number of hydrogen-bond donors (Lipinski definition) is 1. The minimum absolute atomic E-state index is 0.334. The maximum absolute atomic E-state index is 6.03. The number of nitrogens with two attached hydrogens (primary N) is 1. The average molecular weight is 341 g/mol. The number of anilines is 1. The number of rotatable bonds is 4. The van der Waals surface area contributed by atoms with E-state index in [0.29, 0.717) is 6.04 Å². The topological polar surface area (TPSA) is 43.8 Å². The SMILES string of the molecule is CCC(Cc1ccccc1)n1ncc(I)c1N. The molecule has 2 N–H and O–H groups in total. The van der Waals surface area contributed by atoms with Gasteiger partial charge in [0.2, 0.25) is 0 Å². The van der Waals surface area contributed by atoms with Crippen molar-refractivity contribution < 1.29 is 0 Å². The van der Waals surface area contributed by atoms with Crippen LogP contribution in [0.4, 0.5) is 5.82 Å². The highest BCUT2D eigenvalue weighted by molar-refractivity contribution is 14.1. The molecule has 0 saturated carbocycles. The number of nitrogens with zero attached hydrogens (tertiary/aromatic N) is 2. The first-order valence-corrected chi connectivity index (χ1v) is 6.82. The van der Waals surface area contributed by atoms with E-state index in [4.69, 9.17) is 5.73 Å². The standard InChI is InChI=1S/C13H16IN3/c1-2-11(8-10-6-4-3-5-7-10)17-13(15)12(14)9-16-17/h3-7,9,11H,2,8,15H2,1H3. The summed E-state index contributed by atoms with van der Waals surface area (Å²) in [6.07, 6.45) is 3.82. The molecule has 1 atom stereocenters. The molecule has 0 fully saturated rings. The average Bonchev–Trinajstić information content (AvgIpc) is 2.69. The number of nitrogen functional groups attached to an aromatic ring is 1. The molecule has 4 heteroatoms. The summed E-state index contributed by atoms with van der Waals surface area (Å²) in [6, 6.07) is 10.8. The second-order valence-electron chi connectivity index (χ2n) is 4.07. The molecule has 0 saturated heterocycles. The predicted molar refractivity (Wildman–Crippen MR) is 78.8 cm³/mol. The Labute approximate surface area is 115 Å². The van der Waals surface area contributed by atoms with E-state index in [9.17, 15) is 0 Å². The maximum Gasteiger partial charge on any atom is 0.135 e. The highest BCUT2D eigenvalue weighted by Gasteiger charge is 2.14. The van der Waals surface area contributed by atoms with Gasteiger partial charge >= 0.3 is 0 Å². The number of halogens is 1. The molecule has 1 aromatic heterocycles. The van der Waals surface area contributed by atoms with Crippen molar-refractivity contribution in [2.24, 2.45) is 0 Å². The van der Waals surface area contributed by atoms with Crippen molar-refractivity contribution in [3.05, 3.63) is 45.7 Å². The van der Waals surface area contributed by atoms with E-state index in [1.165, 1.54) is 5.56 Å². The summed E-state index contributed by atoms with van der Waals surface area (Å²) in [7, 11) is 0. The van der Waals surface area contributed by atoms with Gasteiger partial charge in [0.25, 0.3) is 0 Å². The zero-order chi connectivity index (χ0) is 12.3. The number of hydrogen-bond acceptors (Lipinski definition) is 2. The van der Waals surface area contributed by atoms with Gasteiger partial charge in [-0.25, -0.2) is 4.68 Å². The van der Waals surface area contributed by atoms with Gasteiger partial charge in [-0.1, -0.05) is 37.3 Å². The number of benzene rings is 1. The van der Waals surface area contributed by atoms with Gasteiger partial charge in [-0.05, 0) is 41.0 Å². The summed E-state index contributed by atoms with van der Waals surface area (Å²) in [5.74, 6) is 0.772. The summed E-state index contributed by atoms with van der Waals surface area (Å²) < 4.78 is 2.96. The lowest BCUT2D eigenvalue weighted by Gasteiger charge is -2.17. The molecule has 0 aliphatic rings. The molecule has 2 aromatic rings. The lowest BCUT2D eigenvalue weighted by molar-refractivity contribution is 0.444. The van der Waals surface area contributed by atoms with Crippen molar-refractivity contribution in [2.45, 2.75) is 25.8 Å². The van der Waals surface area contributed by atoms with Crippen LogP contribution in [0, 0.1) is 3.57 Å². The summed E-state index contributed by atoms with van der Waals surface area (Å²) in [5.41, 5.74) is 7.35. The summed E-state index contributed by atoms with van der Waals surface area (Å²) in [4.78, 5) is 0. The smallest absolute Gasteiger partial charge is 0.135 e. The third-order valence-electron chi connectivity index (χ3n) is 2.92. The van der Waals surface area contributed by atoms with E-state index in [-0.39, 0.29) is 0 Å². The molecular formula is C13H16IN3. The molecule has 0 radical (unpaired) electrons. The Bertz CT molecular complexity index is 479. The minimum Gasteiger partial charge on any atom is -0.383 e. The fourth-order valence-corrected chi connectivity index (χ4v) is 2.30. The van der Waals surface area contributed by atoms with E-state index >= 15 is 0 Å². The van der Waals surface area contributed by atoms with Crippen molar-refractivity contribution in [1.82, 2.24) is 9.78 Å². The summed E-state index contributed by atoms with van der Waals surface area (Å²) in [6.45, 7) is 2.17. The summed E-state index contributed by atoms with van der Waals surface area (Å²) in [5, 5.41) is 4.37. The van der Waals surface area contributed by atoms with Gasteiger partial charge in [-0.3, -0.25) is 0 Å². The first kappa shape index (κ1) is 12.4. The number of aromatic nitrogens is 2. The molecule has 90 valence electrons. The lowest BCUT2D eigenvalue weighted by Crippen LogP contribution is -2.15. The molecule has 0 bridgehead atoms. The van der Waals surface area contributed by atoms with E-state index in [1.807, 2.05) is 16.9 Å². The Hall–Kier alpha value is -1.04. The van der Waals surface area contributed by atoms with E-state index in [1.54, 1.807) is 0 Å². The van der Waals surface area contributed by atoms with E-state index in [0.717, 1.165) is 22.2 Å². The van der Waals surface area contributed by atoms with Crippen LogP contribution in [0.1, 0.15) is 24.9 Å². The third-order valence-corrected chi connectivity index (χ3v) is 3.75.